The number of nitrogens with zero attached hydrogens (tertiary/aromatic N) is 2. The molecule has 0 saturated carbocycles. The van der Waals surface area contributed by atoms with Crippen molar-refractivity contribution in [2.24, 2.45) is 0 Å². The molecule has 3 aromatic rings. The number of halogens is 1. The van der Waals surface area contributed by atoms with E-state index in [0.29, 0.717) is 11.7 Å². The molecule has 1 amide bonds. The summed E-state index contributed by atoms with van der Waals surface area (Å²) in [6, 6.07) is 22.0. The van der Waals surface area contributed by atoms with Crippen LogP contribution in [0.3, 0.4) is 0 Å². The summed E-state index contributed by atoms with van der Waals surface area (Å²) in [7, 11) is 2.17. The lowest BCUT2D eigenvalue weighted by Gasteiger charge is -2.34. The van der Waals surface area contributed by atoms with Crippen LogP contribution in [0.2, 0.25) is 5.02 Å². The van der Waals surface area contributed by atoms with Gasteiger partial charge >= 0.3 is 6.09 Å². The zero-order chi connectivity index (χ0) is 25.4. The number of likely N-dealkylation sites (N-methyl/N-ethyl adjacent to an activating group) is 1. The predicted octanol–water partition coefficient (Wildman–Crippen LogP) is 7.06. The second-order valence-corrected chi connectivity index (χ2v) is 11.0. The minimum Gasteiger partial charge on any atom is -0.410 e. The minimum atomic E-state index is -0.476. The number of ether oxygens (including phenoxy) is 1. The van der Waals surface area contributed by atoms with Crippen molar-refractivity contribution in [2.45, 2.75) is 51.1 Å². The van der Waals surface area contributed by atoms with E-state index < -0.39 is 6.09 Å². The molecule has 2 aliphatic heterocycles. The highest BCUT2D eigenvalue weighted by atomic mass is 35.5. The Kier molecular flexibility index (Phi) is 6.71. The van der Waals surface area contributed by atoms with E-state index in [-0.39, 0.29) is 11.6 Å². The molecule has 0 radical (unpaired) electrons. The Morgan fingerprint density at radius 1 is 1.11 bits per heavy atom. The summed E-state index contributed by atoms with van der Waals surface area (Å²) >= 11 is 6.05. The summed E-state index contributed by atoms with van der Waals surface area (Å²) in [4.78, 5) is 17.6. The van der Waals surface area contributed by atoms with Crippen molar-refractivity contribution in [3.05, 3.63) is 88.4 Å². The molecular weight excluding hydrogens is 470 g/mol. The highest BCUT2D eigenvalue weighted by molar-refractivity contribution is 6.30. The van der Waals surface area contributed by atoms with E-state index in [1.807, 2.05) is 42.5 Å². The van der Waals surface area contributed by atoms with Crippen LogP contribution >= 0.6 is 11.6 Å². The number of benzene rings is 3. The molecular formula is C30H34ClN3O2. The zero-order valence-electron chi connectivity index (χ0n) is 21.4. The average Bonchev–Trinajstić information content (AvgIpc) is 3.30. The van der Waals surface area contributed by atoms with Crippen LogP contribution in [0, 0.1) is 0 Å². The molecule has 188 valence electrons. The third-order valence-electron chi connectivity index (χ3n) is 7.80. The van der Waals surface area contributed by atoms with Crippen LogP contribution in [0.15, 0.2) is 66.7 Å². The average molecular weight is 504 g/mol. The zero-order valence-corrected chi connectivity index (χ0v) is 22.2. The van der Waals surface area contributed by atoms with Gasteiger partial charge in [0, 0.05) is 41.9 Å². The predicted molar refractivity (Wildman–Crippen MR) is 148 cm³/mol. The smallest absolute Gasteiger partial charge is 0.410 e. The van der Waals surface area contributed by atoms with Gasteiger partial charge in [0.1, 0.15) is 5.75 Å². The fourth-order valence-electron chi connectivity index (χ4n) is 5.81. The number of hydrogen-bond donors (Lipinski definition) is 1. The van der Waals surface area contributed by atoms with E-state index in [2.05, 4.69) is 67.2 Å². The Morgan fingerprint density at radius 3 is 2.53 bits per heavy atom. The quantitative estimate of drug-likeness (QED) is 0.391. The highest BCUT2D eigenvalue weighted by Crippen LogP contribution is 2.52. The van der Waals surface area contributed by atoms with Gasteiger partial charge in [0.2, 0.25) is 0 Å². The summed E-state index contributed by atoms with van der Waals surface area (Å²) in [6.07, 6.45) is 1.85. The molecule has 0 aliphatic carbocycles. The molecule has 5 nitrogen and oxygen atoms in total. The fourth-order valence-corrected chi connectivity index (χ4v) is 5.94. The molecule has 2 atom stereocenters. The van der Waals surface area contributed by atoms with Gasteiger partial charge in [0.15, 0.2) is 0 Å². The monoisotopic (exact) mass is 503 g/mol. The number of anilines is 2. The van der Waals surface area contributed by atoms with Crippen molar-refractivity contribution in [3.8, 4) is 5.75 Å². The molecule has 0 aromatic heterocycles. The van der Waals surface area contributed by atoms with Crippen LogP contribution in [-0.2, 0) is 11.8 Å². The second kappa shape index (κ2) is 9.79. The molecule has 1 N–H and O–H groups in total. The van der Waals surface area contributed by atoms with E-state index in [0.717, 1.165) is 36.6 Å². The number of nitrogens with one attached hydrogen (secondary N) is 1. The lowest BCUT2D eigenvalue weighted by molar-refractivity contribution is 0.215. The van der Waals surface area contributed by atoms with E-state index in [1.54, 1.807) is 0 Å². The van der Waals surface area contributed by atoms with Crippen molar-refractivity contribution >= 4 is 29.1 Å². The Morgan fingerprint density at radius 2 is 1.83 bits per heavy atom. The third-order valence-corrected chi connectivity index (χ3v) is 8.05. The van der Waals surface area contributed by atoms with Gasteiger partial charge in [0.25, 0.3) is 0 Å². The van der Waals surface area contributed by atoms with Crippen LogP contribution in [0.4, 0.5) is 16.2 Å². The van der Waals surface area contributed by atoms with Crippen molar-refractivity contribution in [2.75, 3.05) is 30.4 Å². The van der Waals surface area contributed by atoms with Crippen molar-refractivity contribution in [3.63, 3.8) is 0 Å². The summed E-state index contributed by atoms with van der Waals surface area (Å²) in [5.41, 5.74) is 5.69. The van der Waals surface area contributed by atoms with Gasteiger partial charge in [-0.25, -0.2) is 4.79 Å². The number of fused-ring (bicyclic) bond motifs is 3. The molecule has 0 spiro atoms. The second-order valence-electron chi connectivity index (χ2n) is 10.5. The number of rotatable bonds is 6. The summed E-state index contributed by atoms with van der Waals surface area (Å²) < 4.78 is 5.70. The SMILES string of the molecule is CC(C)c1ccc(NC(=O)Oc2ccc3c(c2)[C@]2(C)CCN(CCc4ccc(Cl)cc4)[C@@H]2N3C)cc1. The van der Waals surface area contributed by atoms with Crippen LogP contribution in [0.25, 0.3) is 0 Å². The number of amides is 1. The van der Waals surface area contributed by atoms with Gasteiger partial charge in [-0.3, -0.25) is 10.2 Å². The van der Waals surface area contributed by atoms with Gasteiger partial charge in [-0.1, -0.05) is 56.6 Å². The van der Waals surface area contributed by atoms with E-state index in [1.165, 1.54) is 22.4 Å². The molecule has 2 heterocycles. The van der Waals surface area contributed by atoms with Gasteiger partial charge in [-0.15, -0.1) is 0 Å². The topological polar surface area (TPSA) is 44.8 Å². The first-order chi connectivity index (χ1) is 17.2. The van der Waals surface area contributed by atoms with E-state index >= 15 is 0 Å². The van der Waals surface area contributed by atoms with E-state index in [4.69, 9.17) is 16.3 Å². The highest BCUT2D eigenvalue weighted by Gasteiger charge is 2.53. The summed E-state index contributed by atoms with van der Waals surface area (Å²) in [5, 5.41) is 3.62. The summed E-state index contributed by atoms with van der Waals surface area (Å²) in [6.45, 7) is 8.66. The molecule has 0 bridgehead atoms. The molecule has 1 fully saturated rings. The Bertz CT molecular complexity index is 1240. The number of carbonyl (C=O) groups is 1. The van der Waals surface area contributed by atoms with Gasteiger partial charge in [-0.2, -0.15) is 0 Å². The maximum atomic E-state index is 12.6. The van der Waals surface area contributed by atoms with Gasteiger partial charge in [-0.05, 0) is 77.9 Å². The van der Waals surface area contributed by atoms with Crippen molar-refractivity contribution < 1.29 is 9.53 Å². The van der Waals surface area contributed by atoms with Crippen LogP contribution in [-0.4, -0.2) is 37.3 Å². The number of carbonyl (C=O) groups excluding carboxylic acids is 1. The molecule has 5 rings (SSSR count). The Hall–Kier alpha value is -3.02. The molecule has 6 heteroatoms. The Balaban J connectivity index is 1.27. The number of likely N-dealkylation sites (tertiary alicyclic amines) is 1. The minimum absolute atomic E-state index is 0.0212. The normalized spacial score (nSPS) is 20.9. The number of hydrogen-bond acceptors (Lipinski definition) is 4. The molecule has 2 aliphatic rings. The molecule has 36 heavy (non-hydrogen) atoms. The lowest BCUT2D eigenvalue weighted by Crippen LogP contribution is -2.47. The van der Waals surface area contributed by atoms with Crippen molar-refractivity contribution in [1.82, 2.24) is 4.90 Å². The maximum absolute atomic E-state index is 12.6. The largest absolute Gasteiger partial charge is 0.417 e. The van der Waals surface area contributed by atoms with Gasteiger partial charge in [0.05, 0.1) is 6.17 Å². The lowest BCUT2D eigenvalue weighted by atomic mass is 9.81. The van der Waals surface area contributed by atoms with Crippen LogP contribution < -0.4 is 15.0 Å². The standard InChI is InChI=1S/C30H34ClN3O2/c1-20(2)22-7-11-24(12-8-22)32-29(35)36-25-13-14-27-26(19-25)30(3)16-18-34(28(30)33(27)4)17-15-21-5-9-23(31)10-6-21/h5-14,19-20,28H,15-18H2,1-4H3,(H,32,35)/t28-,30-/m0/s1. The van der Waals surface area contributed by atoms with Crippen LogP contribution in [0.5, 0.6) is 5.75 Å². The molecule has 3 aromatic carbocycles. The maximum Gasteiger partial charge on any atom is 0.417 e. The first-order valence-electron chi connectivity index (χ1n) is 12.7. The molecule has 0 unspecified atom stereocenters. The Labute approximate surface area is 219 Å². The molecule has 1 saturated heterocycles. The first-order valence-corrected chi connectivity index (χ1v) is 13.1. The first kappa shape index (κ1) is 24.7. The van der Waals surface area contributed by atoms with Crippen LogP contribution in [0.1, 0.15) is 49.8 Å². The van der Waals surface area contributed by atoms with Crippen molar-refractivity contribution in [1.29, 1.82) is 0 Å². The van der Waals surface area contributed by atoms with Gasteiger partial charge < -0.3 is 9.64 Å². The third kappa shape index (κ3) is 4.70. The fraction of sp³-hybridized carbons (Fsp3) is 0.367. The summed E-state index contributed by atoms with van der Waals surface area (Å²) in [5.74, 6) is 1.02. The van der Waals surface area contributed by atoms with E-state index in [9.17, 15) is 4.79 Å².